The van der Waals surface area contributed by atoms with Crippen LogP contribution in [0, 0.1) is 0 Å². The van der Waals surface area contributed by atoms with E-state index in [4.69, 9.17) is 16.0 Å². The number of nitrogen functional groups attached to an aromatic ring is 1. The molecule has 4 rings (SSSR count). The van der Waals surface area contributed by atoms with Crippen LogP contribution < -0.4 is 11.5 Å². The van der Waals surface area contributed by atoms with Crippen LogP contribution >= 0.6 is 0 Å². The molecule has 1 aliphatic heterocycles. The Morgan fingerprint density at radius 1 is 1.28 bits per heavy atom. The van der Waals surface area contributed by atoms with E-state index in [0.29, 0.717) is 29.1 Å². The zero-order chi connectivity index (χ0) is 20.8. The average molecular weight is 394 g/mol. The summed E-state index contributed by atoms with van der Waals surface area (Å²) in [5.41, 5.74) is 11.3. The molecule has 29 heavy (non-hydrogen) atoms. The first-order valence-electron chi connectivity index (χ1n) is 8.78. The number of benzene rings is 1. The highest BCUT2D eigenvalue weighted by molar-refractivity contribution is 5.95. The van der Waals surface area contributed by atoms with E-state index in [1.54, 1.807) is 37.4 Å². The second-order valence-corrected chi connectivity index (χ2v) is 6.85. The van der Waals surface area contributed by atoms with Crippen LogP contribution in [0.1, 0.15) is 22.7 Å². The maximum atomic E-state index is 12.3. The number of likely N-dealkylation sites (tertiary alicyclic amines) is 1. The third-order valence-electron chi connectivity index (χ3n) is 4.92. The van der Waals surface area contributed by atoms with Gasteiger partial charge in [0.1, 0.15) is 5.69 Å². The molecule has 3 aromatic rings. The van der Waals surface area contributed by atoms with Gasteiger partial charge in [-0.25, -0.2) is 9.97 Å². The number of carbonyl (C=O) groups is 2. The zero-order valence-electron chi connectivity index (χ0n) is 15.5. The highest BCUT2D eigenvalue weighted by Crippen LogP contribution is 2.35. The molecule has 148 valence electrons. The Labute approximate surface area is 165 Å². The van der Waals surface area contributed by atoms with Crippen LogP contribution in [0.15, 0.2) is 41.1 Å². The number of aliphatic hydroxyl groups is 1. The summed E-state index contributed by atoms with van der Waals surface area (Å²) >= 11 is 0. The van der Waals surface area contributed by atoms with Gasteiger partial charge in [0.2, 0.25) is 5.60 Å². The largest absolute Gasteiger partial charge is 0.382 e. The fourth-order valence-corrected chi connectivity index (χ4v) is 3.25. The number of primary amides is 1. The molecular formula is C19H18N6O4. The minimum Gasteiger partial charge on any atom is -0.382 e. The fraction of sp³-hybridized carbons (Fsp3) is 0.211. The number of anilines is 1. The van der Waals surface area contributed by atoms with Crippen LogP contribution in [0.3, 0.4) is 0 Å². The van der Waals surface area contributed by atoms with Gasteiger partial charge in [0.15, 0.2) is 17.3 Å². The summed E-state index contributed by atoms with van der Waals surface area (Å²) in [6.45, 7) is 0.429. The lowest BCUT2D eigenvalue weighted by Crippen LogP contribution is -2.35. The van der Waals surface area contributed by atoms with Gasteiger partial charge in [-0.15, -0.1) is 0 Å². The number of nitrogens with two attached hydrogens (primary N) is 2. The number of rotatable bonds is 4. The van der Waals surface area contributed by atoms with Crippen LogP contribution in [0.5, 0.6) is 0 Å². The van der Waals surface area contributed by atoms with Crippen molar-refractivity contribution in [1.82, 2.24) is 20.0 Å². The van der Waals surface area contributed by atoms with Crippen LogP contribution in [0.2, 0.25) is 0 Å². The molecule has 3 heterocycles. The summed E-state index contributed by atoms with van der Waals surface area (Å²) in [4.78, 5) is 33.3. The predicted octanol–water partition coefficient (Wildman–Crippen LogP) is 0.529. The molecule has 1 saturated heterocycles. The quantitative estimate of drug-likeness (QED) is 0.577. The molecule has 10 heteroatoms. The van der Waals surface area contributed by atoms with E-state index >= 15 is 0 Å². The second-order valence-electron chi connectivity index (χ2n) is 6.85. The summed E-state index contributed by atoms with van der Waals surface area (Å²) in [6, 6.07) is 8.64. The van der Waals surface area contributed by atoms with Crippen LogP contribution in [0.25, 0.3) is 22.5 Å². The summed E-state index contributed by atoms with van der Waals surface area (Å²) in [5.74, 6) is -1.15. The van der Waals surface area contributed by atoms with Crippen molar-refractivity contribution < 1.29 is 19.2 Å². The van der Waals surface area contributed by atoms with E-state index in [1.807, 2.05) is 0 Å². The highest BCUT2D eigenvalue weighted by atomic mass is 16.5. The number of amides is 2. The van der Waals surface area contributed by atoms with Crippen molar-refractivity contribution in [2.24, 2.45) is 5.73 Å². The Morgan fingerprint density at radius 2 is 2.00 bits per heavy atom. The lowest BCUT2D eigenvalue weighted by Gasteiger charge is -2.16. The van der Waals surface area contributed by atoms with E-state index in [9.17, 15) is 14.7 Å². The lowest BCUT2D eigenvalue weighted by molar-refractivity contribution is -0.144. The smallest absolute Gasteiger partial charge is 0.271 e. The Balaban J connectivity index is 1.69. The summed E-state index contributed by atoms with van der Waals surface area (Å²) in [7, 11) is 1.62. The van der Waals surface area contributed by atoms with Crippen molar-refractivity contribution in [2.75, 3.05) is 19.3 Å². The zero-order valence-corrected chi connectivity index (χ0v) is 15.5. The van der Waals surface area contributed by atoms with Crippen molar-refractivity contribution >= 4 is 17.6 Å². The maximum Gasteiger partial charge on any atom is 0.271 e. The molecule has 1 unspecified atom stereocenters. The Morgan fingerprint density at radius 3 is 2.66 bits per heavy atom. The SMILES string of the molecule is CN1CCC(O)(c2cc(-c3cccc(-c4cnc(N)c(C(N)=O)n4)c3)no2)C1=O. The predicted molar refractivity (Wildman–Crippen MR) is 102 cm³/mol. The summed E-state index contributed by atoms with van der Waals surface area (Å²) in [6.07, 6.45) is 1.67. The minimum atomic E-state index is -1.71. The lowest BCUT2D eigenvalue weighted by atomic mass is 9.98. The number of aromatic nitrogens is 3. The first-order valence-corrected chi connectivity index (χ1v) is 8.78. The molecule has 10 nitrogen and oxygen atoms in total. The third-order valence-corrected chi connectivity index (χ3v) is 4.92. The van der Waals surface area contributed by atoms with E-state index in [2.05, 4.69) is 15.1 Å². The monoisotopic (exact) mass is 394 g/mol. The van der Waals surface area contributed by atoms with Gasteiger partial charge in [-0.3, -0.25) is 9.59 Å². The molecule has 1 fully saturated rings. The van der Waals surface area contributed by atoms with Crippen molar-refractivity contribution in [3.8, 4) is 22.5 Å². The fourth-order valence-electron chi connectivity index (χ4n) is 3.25. The number of nitrogens with zero attached hydrogens (tertiary/aromatic N) is 4. The van der Waals surface area contributed by atoms with Gasteiger partial charge in [-0.05, 0) is 6.07 Å². The van der Waals surface area contributed by atoms with Gasteiger partial charge in [-0.1, -0.05) is 23.4 Å². The highest BCUT2D eigenvalue weighted by Gasteiger charge is 2.48. The molecule has 0 radical (unpaired) electrons. The number of hydrogen-bond donors (Lipinski definition) is 3. The van der Waals surface area contributed by atoms with Crippen molar-refractivity contribution in [1.29, 1.82) is 0 Å². The Hall–Kier alpha value is -3.79. The molecule has 2 aromatic heterocycles. The average Bonchev–Trinajstić information content (AvgIpc) is 3.31. The molecular weight excluding hydrogens is 376 g/mol. The maximum absolute atomic E-state index is 12.3. The molecule has 5 N–H and O–H groups in total. The molecule has 0 bridgehead atoms. The van der Waals surface area contributed by atoms with Crippen molar-refractivity contribution in [3.05, 3.63) is 48.0 Å². The van der Waals surface area contributed by atoms with Gasteiger partial charge < -0.3 is 26.0 Å². The molecule has 0 spiro atoms. The van der Waals surface area contributed by atoms with Gasteiger partial charge in [-0.2, -0.15) is 0 Å². The van der Waals surface area contributed by atoms with E-state index in [0.717, 1.165) is 0 Å². The standard InChI is InChI=1S/C19H18N6O4/c1-25-6-5-19(28,18(25)27)14-8-12(24-29-14)10-3-2-4-11(7-10)13-9-22-16(20)15(23-13)17(21)26/h2-4,7-9,28H,5-6H2,1H3,(H2,20,22)(H2,21,26). The van der Waals surface area contributed by atoms with Crippen molar-refractivity contribution in [2.45, 2.75) is 12.0 Å². The van der Waals surface area contributed by atoms with E-state index in [1.165, 1.54) is 11.1 Å². The van der Waals surface area contributed by atoms with Gasteiger partial charge in [0.05, 0.1) is 11.9 Å². The van der Waals surface area contributed by atoms with Crippen LogP contribution in [0.4, 0.5) is 5.82 Å². The van der Waals surface area contributed by atoms with Crippen LogP contribution in [-0.4, -0.2) is 50.5 Å². The Bertz CT molecular complexity index is 1130. The molecule has 0 aliphatic carbocycles. The number of likely N-dealkylation sites (N-methyl/N-ethyl adjacent to an activating group) is 1. The second kappa shape index (κ2) is 6.67. The summed E-state index contributed by atoms with van der Waals surface area (Å²) < 4.78 is 5.28. The molecule has 1 aliphatic rings. The van der Waals surface area contributed by atoms with Crippen molar-refractivity contribution in [3.63, 3.8) is 0 Å². The number of hydrogen-bond acceptors (Lipinski definition) is 8. The van der Waals surface area contributed by atoms with E-state index < -0.39 is 17.4 Å². The van der Waals surface area contributed by atoms with Gasteiger partial charge in [0.25, 0.3) is 11.8 Å². The molecule has 0 saturated carbocycles. The Kier molecular flexibility index (Phi) is 4.27. The molecule has 1 atom stereocenters. The first-order chi connectivity index (χ1) is 13.8. The summed E-state index contributed by atoms with van der Waals surface area (Å²) in [5, 5.41) is 14.7. The van der Waals surface area contributed by atoms with Crippen LogP contribution in [-0.2, 0) is 10.4 Å². The third kappa shape index (κ3) is 3.09. The van der Waals surface area contributed by atoms with Gasteiger partial charge >= 0.3 is 0 Å². The minimum absolute atomic E-state index is 0.0435. The van der Waals surface area contributed by atoms with Gasteiger partial charge in [0, 0.05) is 37.2 Å². The first kappa shape index (κ1) is 18.6. The number of carbonyl (C=O) groups excluding carboxylic acids is 2. The topological polar surface area (TPSA) is 161 Å². The molecule has 1 aromatic carbocycles. The molecule has 2 amide bonds. The van der Waals surface area contributed by atoms with E-state index in [-0.39, 0.29) is 23.7 Å². The normalized spacial score (nSPS) is 19.0.